The Morgan fingerprint density at radius 1 is 0.366 bits per heavy atom. The van der Waals surface area contributed by atoms with Crippen LogP contribution in [-0.2, 0) is 66.7 Å². The molecule has 3 unspecified atom stereocenters. The maximum atomic E-state index is 9.73. The fourth-order valence-electron chi connectivity index (χ4n) is 0.704. The normalized spacial score (nSPS) is 8.27. The first-order valence-electron chi connectivity index (χ1n) is 6.31. The molecule has 0 aromatic carbocycles. The summed E-state index contributed by atoms with van der Waals surface area (Å²) in [6.45, 7) is 0. The van der Waals surface area contributed by atoms with Crippen LogP contribution in [0.25, 0.3) is 0 Å². The third-order valence-corrected chi connectivity index (χ3v) is 2.92. The molecular weight excluding hydrogens is 602 g/mol. The van der Waals surface area contributed by atoms with Gasteiger partial charge in [-0.3, -0.25) is 0 Å². The predicted octanol–water partition coefficient (Wildman–Crippen LogP) is -34.2. The molecule has 16 N–H and O–H groups in total. The van der Waals surface area contributed by atoms with Gasteiger partial charge in [0.05, 0.1) is 0 Å². The molecule has 0 amide bonds. The van der Waals surface area contributed by atoms with Crippen LogP contribution in [0.2, 0.25) is 0 Å². The van der Waals surface area contributed by atoms with E-state index in [4.69, 9.17) is 0 Å². The third-order valence-electron chi connectivity index (χ3n) is 1.84. The summed E-state index contributed by atoms with van der Waals surface area (Å²) in [7, 11) is 0. The second-order valence-corrected chi connectivity index (χ2v) is 5.86. The molecule has 0 saturated carbocycles. The van der Waals surface area contributed by atoms with E-state index in [0.717, 1.165) is 0 Å². The summed E-state index contributed by atoms with van der Waals surface area (Å²) in [4.78, 5) is 58.1. The molecule has 220 valence electrons. The minimum absolute atomic E-state index is 0. The number of hydrogen-bond donors (Lipinski definition) is 0. The average Bonchev–Trinajstić information content (AvgIpc) is 2.46. The third kappa shape index (κ3) is 99.7. The molecule has 0 bridgehead atoms. The van der Waals surface area contributed by atoms with E-state index in [1.807, 2.05) is 0 Å². The standard InChI is InChI=1S/3C4H6O4S.6Li.8H2O/c3*5-3(6)1-2(9)4(7)8;;;;;;;;;;;;;;/h3*2,9H,1H2,(H,5,6)(H,7,8);;;;;;;8*1H2/q;;;6*+1;;;;;;;;/p-9. The molecular formula is C12H25Li6O20S3-3. The van der Waals surface area contributed by atoms with Crippen LogP contribution in [0, 0.1) is 0 Å². The van der Waals surface area contributed by atoms with Crippen molar-refractivity contribution in [2.75, 3.05) is 0 Å². The number of aliphatic carboxylic acids is 6. The van der Waals surface area contributed by atoms with Gasteiger partial charge in [0, 0.05) is 35.8 Å². The summed E-state index contributed by atoms with van der Waals surface area (Å²) in [5, 5.41) is 54.0. The second kappa shape index (κ2) is 68.4. The molecule has 0 rings (SSSR count). The van der Waals surface area contributed by atoms with Crippen LogP contribution in [0.3, 0.4) is 0 Å². The van der Waals surface area contributed by atoms with E-state index in [9.17, 15) is 59.4 Å². The van der Waals surface area contributed by atoms with Crippen molar-refractivity contribution in [2.45, 2.75) is 35.0 Å². The Balaban J connectivity index is -0.0000000120. The van der Waals surface area contributed by atoms with Crippen LogP contribution in [0.5, 0.6) is 0 Å². The number of carbonyl (C=O) groups excluding carboxylic acids is 6. The topological polar surface area (TPSA) is 493 Å². The molecule has 0 aliphatic rings. The van der Waals surface area contributed by atoms with Gasteiger partial charge in [0.15, 0.2) is 0 Å². The SMILES string of the molecule is O.O.O.O.O.O.O.O.O=C([O-])CC([S-])C(=O)[O-].O=C([O-])CC([S-])C(=O)[O-].O=C([O-])CC([S-])C(=O)[O-].[Li+].[Li+].[Li+].[Li+].[Li+].[Li+]. The van der Waals surface area contributed by atoms with Crippen LogP contribution in [0.1, 0.15) is 19.3 Å². The van der Waals surface area contributed by atoms with Crippen LogP contribution in [0.15, 0.2) is 0 Å². The summed E-state index contributed by atoms with van der Waals surface area (Å²) >= 11 is 12.5. The van der Waals surface area contributed by atoms with Crippen molar-refractivity contribution in [2.24, 2.45) is 0 Å². The molecule has 0 aromatic rings. The van der Waals surface area contributed by atoms with Gasteiger partial charge in [-0.25, -0.2) is 0 Å². The Morgan fingerprint density at radius 2 is 0.463 bits per heavy atom. The van der Waals surface area contributed by atoms with Gasteiger partial charge in [0.25, 0.3) is 0 Å². The molecule has 0 saturated heterocycles. The Hall–Kier alpha value is 1.13. The number of carboxylic acid groups (broad SMARTS) is 6. The average molecular weight is 627 g/mol. The van der Waals surface area contributed by atoms with Crippen LogP contribution < -0.4 is 144 Å². The summed E-state index contributed by atoms with van der Waals surface area (Å²) < 4.78 is 0. The van der Waals surface area contributed by atoms with Crippen molar-refractivity contribution in [1.29, 1.82) is 0 Å². The molecule has 0 fully saturated rings. The van der Waals surface area contributed by atoms with E-state index in [1.54, 1.807) is 0 Å². The molecule has 0 heterocycles. The van der Waals surface area contributed by atoms with E-state index < -0.39 is 70.8 Å². The van der Waals surface area contributed by atoms with Crippen molar-refractivity contribution >= 4 is 73.7 Å². The van der Waals surface area contributed by atoms with Crippen LogP contribution in [0.4, 0.5) is 0 Å². The van der Waals surface area contributed by atoms with Gasteiger partial charge in [0.1, 0.15) is 0 Å². The molecule has 0 aromatic heterocycles. The van der Waals surface area contributed by atoms with Gasteiger partial charge >= 0.3 is 113 Å². The largest absolute Gasteiger partial charge is 1.00 e. The minimum atomic E-state index is -1.55. The molecule has 0 aliphatic carbocycles. The van der Waals surface area contributed by atoms with Crippen molar-refractivity contribution in [3.05, 3.63) is 0 Å². The van der Waals surface area contributed by atoms with Gasteiger partial charge in [0.2, 0.25) is 0 Å². The smallest absolute Gasteiger partial charge is 0.783 e. The Kier molecular flexibility index (Phi) is 188. The number of rotatable bonds is 9. The van der Waals surface area contributed by atoms with Gasteiger partial charge in [-0.15, -0.1) is 15.7 Å². The summed E-state index contributed by atoms with van der Waals surface area (Å²) in [6, 6.07) is 0. The molecule has 0 aliphatic heterocycles. The second-order valence-electron chi connectivity index (χ2n) is 4.15. The zero-order valence-electron chi connectivity index (χ0n) is 23.0. The van der Waals surface area contributed by atoms with E-state index in [-0.39, 0.29) is 157 Å². The molecule has 0 spiro atoms. The van der Waals surface area contributed by atoms with Crippen molar-refractivity contribution in [3.8, 4) is 0 Å². The van der Waals surface area contributed by atoms with Gasteiger partial charge in [-0.1, -0.05) is 0 Å². The number of hydrogen-bond acceptors (Lipinski definition) is 15. The van der Waals surface area contributed by atoms with Gasteiger partial charge in [-0.05, 0) is 19.3 Å². The zero-order chi connectivity index (χ0) is 22.3. The maximum Gasteiger partial charge on any atom is 1.00 e. The molecule has 3 atom stereocenters. The fourth-order valence-corrected chi connectivity index (χ4v) is 1.11. The van der Waals surface area contributed by atoms with Gasteiger partial charge < -0.3 is 141 Å². The zero-order valence-corrected chi connectivity index (χ0v) is 25.4. The quantitative estimate of drug-likeness (QED) is 0.169. The Morgan fingerprint density at radius 3 is 0.488 bits per heavy atom. The van der Waals surface area contributed by atoms with E-state index in [2.05, 4.69) is 37.9 Å². The Bertz CT molecular complexity index is 506. The molecule has 29 heteroatoms. The summed E-state index contributed by atoms with van der Waals surface area (Å²) in [6.07, 6.45) is -2.01. The predicted molar refractivity (Wildman–Crippen MR) is 106 cm³/mol. The first-order chi connectivity index (χ1) is 12.1. The monoisotopic (exact) mass is 627 g/mol. The van der Waals surface area contributed by atoms with E-state index in [0.29, 0.717) is 0 Å². The molecule has 20 nitrogen and oxygen atoms in total. The van der Waals surface area contributed by atoms with E-state index in [1.165, 1.54) is 0 Å². The number of carboxylic acids is 6. The molecule has 0 radical (unpaired) electrons. The van der Waals surface area contributed by atoms with Crippen molar-refractivity contribution < 1.29 is 216 Å². The van der Waals surface area contributed by atoms with Crippen LogP contribution in [-0.4, -0.2) is 95.4 Å². The summed E-state index contributed by atoms with van der Waals surface area (Å²) in [5.41, 5.74) is 0. The summed E-state index contributed by atoms with van der Waals surface area (Å²) in [5.74, 6) is -9.06. The number of carbonyl (C=O) groups is 6. The van der Waals surface area contributed by atoms with Gasteiger partial charge in [-0.2, -0.15) is 0 Å². The van der Waals surface area contributed by atoms with Crippen molar-refractivity contribution in [1.82, 2.24) is 0 Å². The van der Waals surface area contributed by atoms with E-state index >= 15 is 0 Å². The first kappa shape index (κ1) is 113. The Labute approximate surface area is 322 Å². The maximum absolute atomic E-state index is 9.73. The van der Waals surface area contributed by atoms with Crippen LogP contribution >= 0.6 is 0 Å². The molecule has 41 heavy (non-hydrogen) atoms. The minimum Gasteiger partial charge on any atom is -0.783 e. The fraction of sp³-hybridized carbons (Fsp3) is 0.500. The van der Waals surface area contributed by atoms with Crippen molar-refractivity contribution in [3.63, 3.8) is 0 Å². The first-order valence-corrected chi connectivity index (χ1v) is 7.72.